The molecule has 0 bridgehead atoms. The van der Waals surface area contributed by atoms with Gasteiger partial charge in [-0.25, -0.2) is 4.98 Å². The van der Waals surface area contributed by atoms with Crippen LogP contribution in [0.25, 0.3) is 11.0 Å². The monoisotopic (exact) mass is 406 g/mol. The number of imidazole rings is 1. The van der Waals surface area contributed by atoms with Crippen molar-refractivity contribution in [3.05, 3.63) is 47.9 Å². The molecule has 3 aromatic rings. The lowest BCUT2D eigenvalue weighted by atomic mass is 9.71. The normalized spacial score (nSPS) is 22.1. The third-order valence-electron chi connectivity index (χ3n) is 6.90. The maximum atomic E-state index is 10.6. The summed E-state index contributed by atoms with van der Waals surface area (Å²) in [4.78, 5) is 9.57. The van der Waals surface area contributed by atoms with Crippen molar-refractivity contribution in [2.75, 3.05) is 31.1 Å². The molecule has 7 nitrogen and oxygen atoms in total. The first kappa shape index (κ1) is 19.5. The molecule has 0 amide bonds. The zero-order valence-corrected chi connectivity index (χ0v) is 17.8. The third kappa shape index (κ3) is 3.68. The molecule has 1 aromatic carbocycles. The van der Waals surface area contributed by atoms with Gasteiger partial charge in [-0.2, -0.15) is 5.10 Å². The predicted molar refractivity (Wildman–Crippen MR) is 117 cm³/mol. The summed E-state index contributed by atoms with van der Waals surface area (Å²) in [5.74, 6) is 1.99. The highest BCUT2D eigenvalue weighted by Crippen LogP contribution is 2.41. The van der Waals surface area contributed by atoms with Crippen LogP contribution in [-0.2, 0) is 13.6 Å². The van der Waals surface area contributed by atoms with Gasteiger partial charge in [-0.05, 0) is 69.0 Å². The van der Waals surface area contributed by atoms with Crippen LogP contribution in [0.1, 0.15) is 30.8 Å². The Morgan fingerprint density at radius 3 is 2.63 bits per heavy atom. The van der Waals surface area contributed by atoms with Gasteiger partial charge in [-0.3, -0.25) is 4.90 Å². The van der Waals surface area contributed by atoms with Crippen molar-refractivity contribution in [2.24, 2.45) is 12.5 Å². The van der Waals surface area contributed by atoms with Crippen LogP contribution in [0, 0.1) is 12.3 Å². The van der Waals surface area contributed by atoms with E-state index in [4.69, 9.17) is 4.98 Å². The molecule has 1 spiro atoms. The first-order chi connectivity index (χ1) is 14.5. The van der Waals surface area contributed by atoms with E-state index < -0.39 is 0 Å². The van der Waals surface area contributed by atoms with Gasteiger partial charge in [0.15, 0.2) is 5.82 Å². The van der Waals surface area contributed by atoms with Crippen LogP contribution in [0.4, 0.5) is 5.82 Å². The number of anilines is 1. The van der Waals surface area contributed by atoms with Gasteiger partial charge < -0.3 is 14.6 Å². The zero-order chi connectivity index (χ0) is 20.7. The molecule has 4 heterocycles. The summed E-state index contributed by atoms with van der Waals surface area (Å²) in [6.45, 7) is 6.47. The largest absolute Gasteiger partial charge is 0.391 e. The minimum Gasteiger partial charge on any atom is -0.391 e. The van der Waals surface area contributed by atoms with E-state index in [2.05, 4.69) is 49.8 Å². The first-order valence-corrected chi connectivity index (χ1v) is 10.9. The zero-order valence-electron chi connectivity index (χ0n) is 17.8. The Hall–Kier alpha value is -2.51. The van der Waals surface area contributed by atoms with E-state index in [1.807, 2.05) is 25.1 Å². The number of fused-ring (bicyclic) bond motifs is 1. The Balaban J connectivity index is 1.27. The number of nitrogens with zero attached hydrogens (tertiary/aromatic N) is 6. The van der Waals surface area contributed by atoms with E-state index in [-0.39, 0.29) is 11.5 Å². The molecule has 1 unspecified atom stereocenters. The van der Waals surface area contributed by atoms with Gasteiger partial charge in [-0.1, -0.05) is 12.1 Å². The Morgan fingerprint density at radius 2 is 1.90 bits per heavy atom. The lowest BCUT2D eigenvalue weighted by Gasteiger charge is -2.49. The molecule has 158 valence electrons. The van der Waals surface area contributed by atoms with E-state index in [1.54, 1.807) is 0 Å². The summed E-state index contributed by atoms with van der Waals surface area (Å²) >= 11 is 0. The van der Waals surface area contributed by atoms with Crippen molar-refractivity contribution >= 4 is 16.9 Å². The Labute approximate surface area is 177 Å². The van der Waals surface area contributed by atoms with Gasteiger partial charge in [-0.15, -0.1) is 5.10 Å². The van der Waals surface area contributed by atoms with E-state index in [9.17, 15) is 5.11 Å². The number of piperidine rings is 2. The molecule has 2 saturated heterocycles. The second-order valence-corrected chi connectivity index (χ2v) is 9.12. The van der Waals surface area contributed by atoms with Gasteiger partial charge in [0.2, 0.25) is 0 Å². The molecule has 2 aliphatic rings. The summed E-state index contributed by atoms with van der Waals surface area (Å²) in [7, 11) is 2.11. The summed E-state index contributed by atoms with van der Waals surface area (Å²) in [5.41, 5.74) is 3.31. The highest BCUT2D eigenvalue weighted by molar-refractivity contribution is 5.75. The average Bonchev–Trinajstić information content (AvgIpc) is 3.05. The molecule has 7 heteroatoms. The van der Waals surface area contributed by atoms with Crippen LogP contribution in [0.15, 0.2) is 36.4 Å². The SMILES string of the molecule is Cc1ccc(N2CC(O)CC3(CCN(Cc4nc5ccccc5n4C)CC3)C2)nn1. The van der Waals surface area contributed by atoms with Crippen LogP contribution >= 0.6 is 0 Å². The number of benzene rings is 1. The molecule has 2 aromatic heterocycles. The summed E-state index contributed by atoms with van der Waals surface area (Å²) in [6.07, 6.45) is 2.74. The van der Waals surface area contributed by atoms with Gasteiger partial charge in [0.25, 0.3) is 0 Å². The fourth-order valence-corrected chi connectivity index (χ4v) is 5.17. The number of hydrogen-bond acceptors (Lipinski definition) is 6. The third-order valence-corrected chi connectivity index (χ3v) is 6.90. The molecule has 2 fully saturated rings. The molecule has 30 heavy (non-hydrogen) atoms. The van der Waals surface area contributed by atoms with Gasteiger partial charge in [0.1, 0.15) is 5.82 Å². The number of aliphatic hydroxyl groups excluding tert-OH is 1. The summed E-state index contributed by atoms with van der Waals surface area (Å²) < 4.78 is 2.21. The van der Waals surface area contributed by atoms with E-state index >= 15 is 0 Å². The number of aryl methyl sites for hydroxylation is 2. The number of aliphatic hydroxyl groups is 1. The highest BCUT2D eigenvalue weighted by atomic mass is 16.3. The van der Waals surface area contributed by atoms with Crippen molar-refractivity contribution in [1.29, 1.82) is 0 Å². The molecule has 1 atom stereocenters. The Bertz CT molecular complexity index is 1020. The molecule has 2 aliphatic heterocycles. The highest BCUT2D eigenvalue weighted by Gasteiger charge is 2.42. The van der Waals surface area contributed by atoms with Crippen LogP contribution in [0.2, 0.25) is 0 Å². The van der Waals surface area contributed by atoms with Crippen molar-refractivity contribution in [3.8, 4) is 0 Å². The minimum atomic E-state index is -0.312. The maximum Gasteiger partial charge on any atom is 0.151 e. The molecule has 0 aliphatic carbocycles. The lowest BCUT2D eigenvalue weighted by molar-refractivity contribution is 0.0236. The number of hydrogen-bond donors (Lipinski definition) is 1. The number of likely N-dealkylation sites (tertiary alicyclic amines) is 1. The fraction of sp³-hybridized carbons (Fsp3) is 0.522. The van der Waals surface area contributed by atoms with Gasteiger partial charge in [0.05, 0.1) is 29.4 Å². The topological polar surface area (TPSA) is 70.3 Å². The van der Waals surface area contributed by atoms with Crippen LogP contribution in [-0.4, -0.2) is 62.0 Å². The predicted octanol–water partition coefficient (Wildman–Crippen LogP) is 2.53. The fourth-order valence-electron chi connectivity index (χ4n) is 5.17. The summed E-state index contributed by atoms with van der Waals surface area (Å²) in [5, 5.41) is 19.2. The first-order valence-electron chi connectivity index (χ1n) is 10.9. The van der Waals surface area contributed by atoms with E-state index in [0.717, 1.165) is 68.3 Å². The molecular formula is C23H30N6O. The molecule has 0 radical (unpaired) electrons. The lowest BCUT2D eigenvalue weighted by Crippen LogP contribution is -2.54. The van der Waals surface area contributed by atoms with Crippen molar-refractivity contribution < 1.29 is 5.11 Å². The smallest absolute Gasteiger partial charge is 0.151 e. The minimum absolute atomic E-state index is 0.146. The second-order valence-electron chi connectivity index (χ2n) is 9.12. The van der Waals surface area contributed by atoms with Crippen LogP contribution in [0.3, 0.4) is 0 Å². The number of para-hydroxylation sites is 2. The Kier molecular flexibility index (Phi) is 4.95. The van der Waals surface area contributed by atoms with E-state index in [0.29, 0.717) is 6.54 Å². The molecule has 1 N–H and O–H groups in total. The molecule has 5 rings (SSSR count). The van der Waals surface area contributed by atoms with Crippen molar-refractivity contribution in [3.63, 3.8) is 0 Å². The standard InChI is InChI=1S/C23H30N6O/c1-17-7-8-21(26-25-17)29-14-18(30)13-23(16-29)9-11-28(12-10-23)15-22-24-19-5-3-4-6-20(19)27(22)2/h3-8,18,30H,9-16H2,1-2H3. The summed E-state index contributed by atoms with van der Waals surface area (Å²) in [6, 6.07) is 12.3. The quantitative estimate of drug-likeness (QED) is 0.721. The van der Waals surface area contributed by atoms with Gasteiger partial charge >= 0.3 is 0 Å². The van der Waals surface area contributed by atoms with Gasteiger partial charge in [0, 0.05) is 20.1 Å². The van der Waals surface area contributed by atoms with Crippen molar-refractivity contribution in [1.82, 2.24) is 24.6 Å². The maximum absolute atomic E-state index is 10.6. The van der Waals surface area contributed by atoms with Crippen LogP contribution < -0.4 is 4.90 Å². The van der Waals surface area contributed by atoms with Crippen LogP contribution in [0.5, 0.6) is 0 Å². The average molecular weight is 407 g/mol. The number of β-amino-alcohol motifs (C(OH)–C–C–N with tert-alkyl or cyclic N) is 1. The molecule has 0 saturated carbocycles. The second kappa shape index (κ2) is 7.63. The Morgan fingerprint density at radius 1 is 1.10 bits per heavy atom. The van der Waals surface area contributed by atoms with Crippen molar-refractivity contribution in [2.45, 2.75) is 38.8 Å². The number of aromatic nitrogens is 4. The molecular weight excluding hydrogens is 376 g/mol. The van der Waals surface area contributed by atoms with E-state index in [1.165, 1.54) is 5.52 Å². The number of rotatable bonds is 3.